The number of methoxy groups -OCH3 is 1. The van der Waals surface area contributed by atoms with Crippen LogP contribution in [0.15, 0.2) is 24.3 Å². The van der Waals surface area contributed by atoms with Gasteiger partial charge in [-0.1, -0.05) is 69.3 Å². The van der Waals surface area contributed by atoms with Crippen molar-refractivity contribution in [2.75, 3.05) is 18.1 Å². The number of alkyl halides is 1. The van der Waals surface area contributed by atoms with E-state index in [4.69, 9.17) is 13.9 Å². The summed E-state index contributed by atoms with van der Waals surface area (Å²) in [4.78, 5) is 0. The Morgan fingerprint density at radius 2 is 1.54 bits per heavy atom. The molecule has 26 heavy (non-hydrogen) atoms. The van der Waals surface area contributed by atoms with Crippen LogP contribution >= 0.6 is 22.6 Å². The van der Waals surface area contributed by atoms with Crippen molar-refractivity contribution >= 4 is 30.9 Å². The highest BCUT2D eigenvalue weighted by Crippen LogP contribution is 2.30. The maximum atomic E-state index is 6.87. The average molecular weight is 493 g/mol. The summed E-state index contributed by atoms with van der Waals surface area (Å²) in [5, 5.41) is 0. The molecule has 1 rings (SSSR count). The van der Waals surface area contributed by atoms with E-state index in [1.54, 1.807) is 7.11 Å². The zero-order chi connectivity index (χ0) is 19.6. The van der Waals surface area contributed by atoms with Crippen LogP contribution in [0.5, 0.6) is 5.75 Å². The Morgan fingerprint density at radius 1 is 0.962 bits per heavy atom. The van der Waals surface area contributed by atoms with Gasteiger partial charge in [0, 0.05) is 10.3 Å². The third kappa shape index (κ3) is 7.13. The van der Waals surface area contributed by atoms with Crippen LogP contribution in [0.3, 0.4) is 0 Å². The molecule has 0 heterocycles. The summed E-state index contributed by atoms with van der Waals surface area (Å²) in [6, 6.07) is 11.7. The second-order valence-corrected chi connectivity index (χ2v) is 12.9. The molecule has 0 aliphatic rings. The predicted molar refractivity (Wildman–Crippen MR) is 122 cm³/mol. The van der Waals surface area contributed by atoms with Crippen molar-refractivity contribution in [3.8, 4) is 5.75 Å². The van der Waals surface area contributed by atoms with Crippen molar-refractivity contribution in [2.45, 2.75) is 65.5 Å². The van der Waals surface area contributed by atoms with Crippen molar-refractivity contribution in [3.63, 3.8) is 0 Å². The van der Waals surface area contributed by atoms with Crippen LogP contribution in [0.25, 0.3) is 0 Å². The second kappa shape index (κ2) is 12.4. The van der Waals surface area contributed by atoms with Crippen molar-refractivity contribution in [2.24, 2.45) is 11.8 Å². The van der Waals surface area contributed by atoms with Crippen molar-refractivity contribution < 1.29 is 13.9 Å². The Balaban J connectivity index is 2.65. The van der Waals surface area contributed by atoms with Crippen LogP contribution in [-0.2, 0) is 15.8 Å². The van der Waals surface area contributed by atoms with E-state index in [2.05, 4.69) is 69.3 Å². The summed E-state index contributed by atoms with van der Waals surface area (Å²) in [6.07, 6.45) is 0.286. The first-order valence-electron chi connectivity index (χ1n) is 9.89. The van der Waals surface area contributed by atoms with E-state index in [1.807, 2.05) is 12.1 Å². The van der Waals surface area contributed by atoms with Gasteiger partial charge in [0.2, 0.25) is 0 Å². The van der Waals surface area contributed by atoms with E-state index < -0.39 is 8.32 Å². The highest BCUT2D eigenvalue weighted by atomic mass is 127. The molecule has 1 aromatic rings. The molecule has 0 spiro atoms. The lowest BCUT2D eigenvalue weighted by molar-refractivity contribution is 0.0169. The Labute approximate surface area is 175 Å². The molecule has 0 amide bonds. The fraction of sp³-hybridized carbons (Fsp3) is 0.714. The molecule has 0 aromatic heterocycles. The van der Waals surface area contributed by atoms with Crippen LogP contribution in [0.1, 0.15) is 40.2 Å². The Hall–Kier alpha value is -0.113. The number of halogens is 1. The number of rotatable bonds is 13. The lowest BCUT2D eigenvalue weighted by Crippen LogP contribution is -2.45. The highest BCUT2D eigenvalue weighted by molar-refractivity contribution is 14.1. The van der Waals surface area contributed by atoms with Crippen LogP contribution in [0.4, 0.5) is 0 Å². The summed E-state index contributed by atoms with van der Waals surface area (Å²) in [7, 11) is 0.0796. The molecule has 5 heteroatoms. The number of benzene rings is 1. The molecule has 1 aromatic carbocycles. The minimum Gasteiger partial charge on any atom is -0.497 e. The zero-order valence-corrected chi connectivity index (χ0v) is 20.5. The van der Waals surface area contributed by atoms with Gasteiger partial charge in [0.15, 0.2) is 8.32 Å². The average Bonchev–Trinajstić information content (AvgIpc) is 2.69. The van der Waals surface area contributed by atoms with Gasteiger partial charge < -0.3 is 13.9 Å². The zero-order valence-electron chi connectivity index (χ0n) is 17.4. The van der Waals surface area contributed by atoms with E-state index in [9.17, 15) is 0 Å². The van der Waals surface area contributed by atoms with Gasteiger partial charge in [-0.25, -0.2) is 0 Å². The molecule has 150 valence electrons. The molecule has 0 radical (unpaired) electrons. The summed E-state index contributed by atoms with van der Waals surface area (Å²) in [5.74, 6) is 1.83. The molecule has 0 saturated carbocycles. The van der Waals surface area contributed by atoms with Gasteiger partial charge in [-0.2, -0.15) is 0 Å². The molecule has 0 aliphatic heterocycles. The van der Waals surface area contributed by atoms with Gasteiger partial charge in [-0.15, -0.1) is 0 Å². The minimum absolute atomic E-state index is 0.286. The third-order valence-corrected chi connectivity index (χ3v) is 11.5. The van der Waals surface area contributed by atoms with E-state index in [1.165, 1.54) is 23.7 Å². The fourth-order valence-electron chi connectivity index (χ4n) is 3.35. The number of hydrogen-bond donors (Lipinski definition) is 0. The fourth-order valence-corrected chi connectivity index (χ4v) is 6.89. The van der Waals surface area contributed by atoms with Crippen molar-refractivity contribution in [1.82, 2.24) is 0 Å². The van der Waals surface area contributed by atoms with E-state index in [0.717, 1.165) is 16.8 Å². The first-order chi connectivity index (χ1) is 12.4. The molecule has 0 fully saturated rings. The number of hydrogen-bond acceptors (Lipinski definition) is 3. The SMILES string of the molecule is CC[Si](CC)(CC)O[C@H]([C@H](C)CI)[C@@H](C)COCc1ccc(OC)cc1. The van der Waals surface area contributed by atoms with E-state index in [-0.39, 0.29) is 6.10 Å². The molecule has 3 nitrogen and oxygen atoms in total. The predicted octanol–water partition coefficient (Wildman–Crippen LogP) is 6.31. The largest absolute Gasteiger partial charge is 0.497 e. The quantitative estimate of drug-likeness (QED) is 0.184. The minimum atomic E-state index is -1.61. The third-order valence-electron chi connectivity index (χ3n) is 5.49. The van der Waals surface area contributed by atoms with Gasteiger partial charge in [0.1, 0.15) is 5.75 Å². The first kappa shape index (κ1) is 23.9. The standard InChI is InChI=1S/C21H37IO3Si/c1-7-26(8-2,9-3)25-21(17(4)14-22)18(5)15-24-16-19-10-12-20(23-6)13-11-19/h10-13,17-18,21H,7-9,14-16H2,1-6H3/t17-,18+,21-/m1/s1. The molecule has 0 saturated heterocycles. The van der Waals surface area contributed by atoms with Crippen LogP contribution in [-0.4, -0.2) is 32.6 Å². The highest BCUT2D eigenvalue weighted by Gasteiger charge is 2.35. The Bertz CT molecular complexity index is 482. The second-order valence-electron chi connectivity index (χ2n) is 7.30. The van der Waals surface area contributed by atoms with Gasteiger partial charge in [0.05, 0.1) is 26.4 Å². The molecule has 0 aliphatic carbocycles. The van der Waals surface area contributed by atoms with Crippen molar-refractivity contribution in [1.29, 1.82) is 0 Å². The topological polar surface area (TPSA) is 27.7 Å². The molecule has 0 bridgehead atoms. The summed E-state index contributed by atoms with van der Waals surface area (Å²) < 4.78 is 19.2. The maximum absolute atomic E-state index is 6.87. The van der Waals surface area contributed by atoms with Gasteiger partial charge in [-0.05, 0) is 41.7 Å². The molecular weight excluding hydrogens is 455 g/mol. The number of ether oxygens (including phenoxy) is 2. The molecular formula is C21H37IO3Si. The van der Waals surface area contributed by atoms with Crippen LogP contribution in [0.2, 0.25) is 18.1 Å². The normalized spacial score (nSPS) is 15.5. The summed E-state index contributed by atoms with van der Waals surface area (Å²) >= 11 is 2.49. The molecule has 0 unspecified atom stereocenters. The first-order valence-corrected chi connectivity index (χ1v) is 13.9. The Morgan fingerprint density at radius 3 is 2.00 bits per heavy atom. The van der Waals surface area contributed by atoms with Crippen LogP contribution in [0, 0.1) is 11.8 Å². The smallest absolute Gasteiger partial charge is 0.192 e. The Kier molecular flexibility index (Phi) is 11.4. The van der Waals surface area contributed by atoms with Crippen molar-refractivity contribution in [3.05, 3.63) is 29.8 Å². The lowest BCUT2D eigenvalue weighted by atomic mass is 9.96. The summed E-state index contributed by atoms with van der Waals surface area (Å²) in [5.41, 5.74) is 1.18. The monoisotopic (exact) mass is 492 g/mol. The molecule has 0 N–H and O–H groups in total. The van der Waals surface area contributed by atoms with Gasteiger partial charge >= 0.3 is 0 Å². The molecule has 3 atom stereocenters. The van der Waals surface area contributed by atoms with Crippen LogP contribution < -0.4 is 4.74 Å². The van der Waals surface area contributed by atoms with E-state index in [0.29, 0.717) is 18.4 Å². The van der Waals surface area contributed by atoms with Gasteiger partial charge in [-0.3, -0.25) is 0 Å². The maximum Gasteiger partial charge on any atom is 0.192 e. The lowest BCUT2D eigenvalue weighted by Gasteiger charge is -2.38. The van der Waals surface area contributed by atoms with E-state index >= 15 is 0 Å². The summed E-state index contributed by atoms with van der Waals surface area (Å²) in [6.45, 7) is 12.9. The van der Waals surface area contributed by atoms with Gasteiger partial charge in [0.25, 0.3) is 0 Å².